The van der Waals surface area contributed by atoms with Gasteiger partial charge in [0.2, 0.25) is 0 Å². The van der Waals surface area contributed by atoms with Crippen LogP contribution in [0.25, 0.3) is 5.82 Å². The standard InChI is InChI=1S/C17H13ClFN3O3S/c1-11-5-2-8-14(15(11)19)26(24,25)21-17(23)13-7-4-10-22(13)16-12(18)6-3-9-20-16/h2-10H,1H3,(H,21,23). The second kappa shape index (κ2) is 6.89. The highest BCUT2D eigenvalue weighted by atomic mass is 35.5. The normalized spacial score (nSPS) is 11.3. The molecule has 1 aromatic carbocycles. The minimum absolute atomic E-state index is 0.0118. The zero-order valence-corrected chi connectivity index (χ0v) is 15.1. The molecule has 3 aromatic rings. The number of halogens is 2. The lowest BCUT2D eigenvalue weighted by Gasteiger charge is -2.11. The van der Waals surface area contributed by atoms with Gasteiger partial charge in [0.15, 0.2) is 5.82 Å². The smallest absolute Gasteiger partial charge is 0.282 e. The monoisotopic (exact) mass is 393 g/mol. The fraction of sp³-hybridized carbons (Fsp3) is 0.0588. The molecule has 0 unspecified atom stereocenters. The summed E-state index contributed by atoms with van der Waals surface area (Å²) in [5.41, 5.74) is 0.145. The maximum absolute atomic E-state index is 14.1. The van der Waals surface area contributed by atoms with Gasteiger partial charge < -0.3 is 0 Å². The number of nitrogens with one attached hydrogen (secondary N) is 1. The first-order chi connectivity index (χ1) is 12.3. The van der Waals surface area contributed by atoms with Gasteiger partial charge in [0.1, 0.15) is 16.4 Å². The number of hydrogen-bond acceptors (Lipinski definition) is 4. The van der Waals surface area contributed by atoms with Crippen molar-refractivity contribution in [3.63, 3.8) is 0 Å². The van der Waals surface area contributed by atoms with Crippen molar-refractivity contribution in [3.05, 3.63) is 77.0 Å². The predicted molar refractivity (Wildman–Crippen MR) is 94.4 cm³/mol. The highest BCUT2D eigenvalue weighted by Gasteiger charge is 2.25. The molecule has 26 heavy (non-hydrogen) atoms. The number of rotatable bonds is 4. The summed E-state index contributed by atoms with van der Waals surface area (Å²) in [6, 6.07) is 10.1. The van der Waals surface area contributed by atoms with Crippen LogP contribution in [0.1, 0.15) is 16.1 Å². The molecule has 0 bridgehead atoms. The van der Waals surface area contributed by atoms with Gasteiger partial charge in [-0.3, -0.25) is 9.36 Å². The third-order valence-electron chi connectivity index (χ3n) is 3.62. The quantitative estimate of drug-likeness (QED) is 0.738. The number of carbonyl (C=O) groups excluding carboxylic acids is 1. The molecule has 2 aromatic heterocycles. The van der Waals surface area contributed by atoms with Gasteiger partial charge in [0, 0.05) is 12.4 Å². The molecule has 0 aliphatic heterocycles. The van der Waals surface area contributed by atoms with E-state index in [1.807, 2.05) is 4.72 Å². The Kier molecular flexibility index (Phi) is 4.80. The zero-order valence-electron chi connectivity index (χ0n) is 13.5. The minimum atomic E-state index is -4.39. The molecule has 0 fully saturated rings. The molecule has 0 spiro atoms. The molecule has 0 aliphatic rings. The molecule has 9 heteroatoms. The lowest BCUT2D eigenvalue weighted by atomic mass is 10.2. The Hall–Kier alpha value is -2.71. The van der Waals surface area contributed by atoms with Gasteiger partial charge >= 0.3 is 0 Å². The van der Waals surface area contributed by atoms with Crippen molar-refractivity contribution in [1.82, 2.24) is 14.3 Å². The molecular formula is C17H13ClFN3O3S. The Morgan fingerprint density at radius 3 is 2.69 bits per heavy atom. The van der Waals surface area contributed by atoms with Crippen LogP contribution in [0.4, 0.5) is 4.39 Å². The number of aromatic nitrogens is 2. The van der Waals surface area contributed by atoms with Crippen LogP contribution in [0, 0.1) is 12.7 Å². The molecule has 0 atom stereocenters. The van der Waals surface area contributed by atoms with Gasteiger partial charge in [-0.15, -0.1) is 0 Å². The van der Waals surface area contributed by atoms with Crippen molar-refractivity contribution in [3.8, 4) is 5.82 Å². The summed E-state index contributed by atoms with van der Waals surface area (Å²) in [4.78, 5) is 16.0. The second-order valence-corrected chi connectivity index (χ2v) is 7.45. The Morgan fingerprint density at radius 1 is 1.19 bits per heavy atom. The Morgan fingerprint density at radius 2 is 1.96 bits per heavy atom. The first-order valence-electron chi connectivity index (χ1n) is 7.42. The number of carbonyl (C=O) groups is 1. The summed E-state index contributed by atoms with van der Waals surface area (Å²) in [5, 5.41) is 0.283. The molecule has 1 amide bonds. The highest BCUT2D eigenvalue weighted by Crippen LogP contribution is 2.21. The maximum Gasteiger partial charge on any atom is 0.282 e. The van der Waals surface area contributed by atoms with E-state index < -0.39 is 26.6 Å². The summed E-state index contributed by atoms with van der Waals surface area (Å²) < 4.78 is 42.2. The molecule has 0 saturated carbocycles. The van der Waals surface area contributed by atoms with Crippen molar-refractivity contribution in [2.24, 2.45) is 0 Å². The molecule has 1 N–H and O–H groups in total. The Balaban J connectivity index is 1.96. The van der Waals surface area contributed by atoms with Gasteiger partial charge in [-0.1, -0.05) is 23.7 Å². The van der Waals surface area contributed by atoms with Gasteiger partial charge in [0.25, 0.3) is 15.9 Å². The van der Waals surface area contributed by atoms with Crippen LogP contribution in [0.5, 0.6) is 0 Å². The topological polar surface area (TPSA) is 81.1 Å². The lowest BCUT2D eigenvalue weighted by molar-refractivity contribution is 0.0974. The molecule has 2 heterocycles. The van der Waals surface area contributed by atoms with Crippen LogP contribution in [-0.2, 0) is 10.0 Å². The third kappa shape index (κ3) is 3.33. The number of sulfonamides is 1. The fourth-order valence-electron chi connectivity index (χ4n) is 2.36. The van der Waals surface area contributed by atoms with Crippen molar-refractivity contribution in [1.29, 1.82) is 0 Å². The van der Waals surface area contributed by atoms with Gasteiger partial charge in [-0.05, 0) is 42.8 Å². The fourth-order valence-corrected chi connectivity index (χ4v) is 3.69. The van der Waals surface area contributed by atoms with E-state index in [1.54, 1.807) is 18.2 Å². The van der Waals surface area contributed by atoms with E-state index in [9.17, 15) is 17.6 Å². The predicted octanol–water partition coefficient (Wildman–Crippen LogP) is 3.09. The SMILES string of the molecule is Cc1cccc(S(=O)(=O)NC(=O)c2cccn2-c2ncccc2Cl)c1F. The van der Waals surface area contributed by atoms with Gasteiger partial charge in [0.05, 0.1) is 5.02 Å². The Bertz CT molecular complexity index is 1100. The summed E-state index contributed by atoms with van der Waals surface area (Å²) in [6.45, 7) is 1.43. The number of amides is 1. The van der Waals surface area contributed by atoms with Crippen LogP contribution >= 0.6 is 11.6 Å². The molecule has 3 rings (SSSR count). The van der Waals surface area contributed by atoms with Crippen molar-refractivity contribution < 1.29 is 17.6 Å². The van der Waals surface area contributed by atoms with E-state index in [0.29, 0.717) is 0 Å². The average molecular weight is 394 g/mol. The molecule has 6 nitrogen and oxygen atoms in total. The minimum Gasteiger partial charge on any atom is -0.295 e. The number of aryl methyl sites for hydroxylation is 1. The first kappa shape index (κ1) is 18.1. The molecule has 0 radical (unpaired) electrons. The van der Waals surface area contributed by atoms with E-state index in [2.05, 4.69) is 4.98 Å². The Labute approximate surface area is 154 Å². The first-order valence-corrected chi connectivity index (χ1v) is 9.28. The molecule has 0 saturated heterocycles. The maximum atomic E-state index is 14.1. The van der Waals surface area contributed by atoms with Crippen molar-refractivity contribution >= 4 is 27.5 Å². The molecule has 134 valence electrons. The summed E-state index contributed by atoms with van der Waals surface area (Å²) in [6.07, 6.45) is 3.00. The summed E-state index contributed by atoms with van der Waals surface area (Å²) >= 11 is 6.08. The van der Waals surface area contributed by atoms with Crippen LogP contribution in [-0.4, -0.2) is 23.9 Å². The largest absolute Gasteiger partial charge is 0.295 e. The van der Waals surface area contributed by atoms with Crippen LogP contribution in [0.3, 0.4) is 0 Å². The van der Waals surface area contributed by atoms with Crippen LogP contribution < -0.4 is 4.72 Å². The summed E-state index contributed by atoms with van der Waals surface area (Å²) in [7, 11) is -4.39. The van der Waals surface area contributed by atoms with Crippen molar-refractivity contribution in [2.45, 2.75) is 11.8 Å². The van der Waals surface area contributed by atoms with Crippen LogP contribution in [0.2, 0.25) is 5.02 Å². The average Bonchev–Trinajstić information content (AvgIpc) is 3.07. The van der Waals surface area contributed by atoms with Gasteiger partial charge in [-0.25, -0.2) is 22.5 Å². The highest BCUT2D eigenvalue weighted by molar-refractivity contribution is 7.90. The van der Waals surface area contributed by atoms with E-state index in [1.165, 1.54) is 42.1 Å². The number of benzene rings is 1. The summed E-state index contributed by atoms with van der Waals surface area (Å²) in [5.74, 6) is -1.57. The van der Waals surface area contributed by atoms with Crippen molar-refractivity contribution in [2.75, 3.05) is 0 Å². The van der Waals surface area contributed by atoms with E-state index in [-0.39, 0.29) is 22.1 Å². The number of pyridine rings is 1. The molecule has 0 aliphatic carbocycles. The van der Waals surface area contributed by atoms with E-state index in [0.717, 1.165) is 6.07 Å². The molecular weight excluding hydrogens is 381 g/mol. The number of nitrogens with zero attached hydrogens (tertiary/aromatic N) is 2. The van der Waals surface area contributed by atoms with Crippen LogP contribution in [0.15, 0.2) is 59.8 Å². The van der Waals surface area contributed by atoms with E-state index >= 15 is 0 Å². The lowest BCUT2D eigenvalue weighted by Crippen LogP contribution is -2.32. The second-order valence-electron chi connectivity index (χ2n) is 5.39. The third-order valence-corrected chi connectivity index (χ3v) is 5.27. The number of hydrogen-bond donors (Lipinski definition) is 1. The van der Waals surface area contributed by atoms with Gasteiger partial charge in [-0.2, -0.15) is 0 Å². The zero-order chi connectivity index (χ0) is 18.9. The van der Waals surface area contributed by atoms with E-state index in [4.69, 9.17) is 11.6 Å².